The van der Waals surface area contributed by atoms with Crippen LogP contribution >= 0.6 is 0 Å². The fourth-order valence-electron chi connectivity index (χ4n) is 3.07. The fourth-order valence-corrected chi connectivity index (χ4v) is 3.07. The van der Waals surface area contributed by atoms with Crippen LogP contribution in [0.5, 0.6) is 0 Å². The summed E-state index contributed by atoms with van der Waals surface area (Å²) in [6.45, 7) is 0. The second kappa shape index (κ2) is 4.84. The molecule has 0 aliphatic heterocycles. The highest BCUT2D eigenvalue weighted by atomic mass is 16.4. The van der Waals surface area contributed by atoms with Crippen LogP contribution in [0.1, 0.15) is 33.8 Å². The van der Waals surface area contributed by atoms with E-state index in [4.69, 9.17) is 4.42 Å². The summed E-state index contributed by atoms with van der Waals surface area (Å²) >= 11 is 0. The fraction of sp³-hybridized carbons (Fsp3) is 0.111. The number of carbonyl (C=O) groups is 1. The largest absolute Gasteiger partial charge is 0.478 e. The lowest BCUT2D eigenvalue weighted by atomic mass is 10.0. The molecule has 22 heavy (non-hydrogen) atoms. The lowest BCUT2D eigenvalue weighted by Crippen LogP contribution is -2.05. The Morgan fingerprint density at radius 2 is 2.05 bits per heavy atom. The van der Waals surface area contributed by atoms with E-state index in [1.165, 1.54) is 0 Å². The van der Waals surface area contributed by atoms with Crippen molar-refractivity contribution in [3.63, 3.8) is 0 Å². The number of hydrogen-bond donors (Lipinski definition) is 1. The van der Waals surface area contributed by atoms with Gasteiger partial charge in [0.25, 0.3) is 0 Å². The van der Waals surface area contributed by atoms with Gasteiger partial charge in [-0.15, -0.1) is 0 Å². The molecule has 0 spiro atoms. The first kappa shape index (κ1) is 12.8. The molecule has 0 fully saturated rings. The third-order valence-corrected chi connectivity index (χ3v) is 4.02. The summed E-state index contributed by atoms with van der Waals surface area (Å²) < 4.78 is 5.36. The first-order chi connectivity index (χ1) is 10.7. The Kier molecular flexibility index (Phi) is 2.82. The van der Waals surface area contributed by atoms with Gasteiger partial charge in [-0.1, -0.05) is 18.2 Å². The normalized spacial score (nSPS) is 15.4. The zero-order chi connectivity index (χ0) is 15.1. The van der Waals surface area contributed by atoms with E-state index in [1.54, 1.807) is 6.26 Å². The Hall–Kier alpha value is -2.88. The number of aromatic carboxylic acids is 1. The zero-order valence-electron chi connectivity index (χ0n) is 11.7. The number of furan rings is 1. The summed E-state index contributed by atoms with van der Waals surface area (Å²) in [5, 5.41) is 10.3. The molecule has 0 amide bonds. The van der Waals surface area contributed by atoms with E-state index in [-0.39, 0.29) is 0 Å². The molecule has 1 aliphatic rings. The van der Waals surface area contributed by atoms with Crippen molar-refractivity contribution in [2.45, 2.75) is 12.8 Å². The number of benzene rings is 1. The maximum absolute atomic E-state index is 11.7. The quantitative estimate of drug-likeness (QED) is 0.774. The number of carboxylic acid groups (broad SMARTS) is 1. The minimum atomic E-state index is -0.894. The van der Waals surface area contributed by atoms with Crippen LogP contribution in [0, 0.1) is 0 Å². The standard InChI is InChI=1S/C18H13NO3/c20-18(21)16-13-5-1-2-6-15(13)19-17-11(7-8-14(16)17)10-12-4-3-9-22-12/h1-6,9-10H,7-8H2,(H,20,21)/b11-10-. The Labute approximate surface area is 126 Å². The predicted octanol–water partition coefficient (Wildman–Crippen LogP) is 4.01. The lowest BCUT2D eigenvalue weighted by Gasteiger charge is -2.08. The van der Waals surface area contributed by atoms with Crippen molar-refractivity contribution in [2.24, 2.45) is 0 Å². The number of nitrogens with zero attached hydrogens (tertiary/aromatic N) is 1. The third kappa shape index (κ3) is 1.92. The van der Waals surface area contributed by atoms with Gasteiger partial charge < -0.3 is 9.52 Å². The van der Waals surface area contributed by atoms with E-state index >= 15 is 0 Å². The van der Waals surface area contributed by atoms with Crippen molar-refractivity contribution in [3.05, 3.63) is 65.2 Å². The summed E-state index contributed by atoms with van der Waals surface area (Å²) in [6.07, 6.45) is 5.04. The lowest BCUT2D eigenvalue weighted by molar-refractivity contribution is 0.0698. The zero-order valence-corrected chi connectivity index (χ0v) is 11.7. The molecule has 0 saturated heterocycles. The number of rotatable bonds is 2. The van der Waals surface area contributed by atoms with Crippen LogP contribution in [-0.2, 0) is 6.42 Å². The monoisotopic (exact) mass is 291 g/mol. The summed E-state index contributed by atoms with van der Waals surface area (Å²) in [5.41, 5.74) is 3.73. The SMILES string of the molecule is O=C(O)c1c2c(nc3ccccc13)/C(=C\c1ccco1)CC2. The van der Waals surface area contributed by atoms with Gasteiger partial charge in [0.15, 0.2) is 0 Å². The number of aromatic nitrogens is 1. The molecular weight excluding hydrogens is 278 g/mol. The number of para-hydroxylation sites is 1. The Morgan fingerprint density at radius 1 is 1.18 bits per heavy atom. The van der Waals surface area contributed by atoms with Crippen molar-refractivity contribution in [1.29, 1.82) is 0 Å². The van der Waals surface area contributed by atoms with Gasteiger partial charge in [-0.25, -0.2) is 9.78 Å². The first-order valence-corrected chi connectivity index (χ1v) is 7.13. The van der Waals surface area contributed by atoms with Gasteiger partial charge >= 0.3 is 5.97 Å². The third-order valence-electron chi connectivity index (χ3n) is 4.02. The molecule has 0 unspecified atom stereocenters. The van der Waals surface area contributed by atoms with Gasteiger partial charge in [0, 0.05) is 5.39 Å². The molecule has 1 aromatic carbocycles. The van der Waals surface area contributed by atoms with Crippen LogP contribution in [0.25, 0.3) is 22.6 Å². The smallest absolute Gasteiger partial charge is 0.336 e. The van der Waals surface area contributed by atoms with Crippen molar-refractivity contribution >= 4 is 28.5 Å². The second-order valence-electron chi connectivity index (χ2n) is 5.32. The Balaban J connectivity index is 1.99. The highest BCUT2D eigenvalue weighted by Gasteiger charge is 2.26. The van der Waals surface area contributed by atoms with E-state index in [1.807, 2.05) is 42.5 Å². The Bertz CT molecular complexity index is 907. The van der Waals surface area contributed by atoms with E-state index in [0.717, 1.165) is 29.0 Å². The summed E-state index contributed by atoms with van der Waals surface area (Å²) in [5.74, 6) is -0.135. The van der Waals surface area contributed by atoms with Gasteiger partial charge in [0.1, 0.15) is 5.76 Å². The number of carboxylic acids is 1. The molecule has 0 bridgehead atoms. The van der Waals surface area contributed by atoms with Gasteiger partial charge in [-0.2, -0.15) is 0 Å². The average molecular weight is 291 g/mol. The number of fused-ring (bicyclic) bond motifs is 2. The van der Waals surface area contributed by atoms with Crippen LogP contribution in [-0.4, -0.2) is 16.1 Å². The molecule has 0 radical (unpaired) electrons. The van der Waals surface area contributed by atoms with E-state index < -0.39 is 5.97 Å². The molecule has 4 nitrogen and oxygen atoms in total. The van der Waals surface area contributed by atoms with Crippen molar-refractivity contribution in [2.75, 3.05) is 0 Å². The van der Waals surface area contributed by atoms with E-state index in [9.17, 15) is 9.90 Å². The molecule has 4 rings (SSSR count). The molecule has 1 N–H and O–H groups in total. The van der Waals surface area contributed by atoms with Gasteiger partial charge in [0.2, 0.25) is 0 Å². The molecule has 2 aromatic heterocycles. The van der Waals surface area contributed by atoms with E-state index in [0.29, 0.717) is 22.9 Å². The topological polar surface area (TPSA) is 63.3 Å². The summed E-state index contributed by atoms with van der Waals surface area (Å²) in [4.78, 5) is 16.4. The van der Waals surface area contributed by atoms with E-state index in [2.05, 4.69) is 4.98 Å². The highest BCUT2D eigenvalue weighted by molar-refractivity contribution is 6.06. The van der Waals surface area contributed by atoms with Crippen LogP contribution in [0.4, 0.5) is 0 Å². The van der Waals surface area contributed by atoms with Crippen molar-refractivity contribution in [3.8, 4) is 0 Å². The average Bonchev–Trinajstić information content (AvgIpc) is 3.15. The maximum Gasteiger partial charge on any atom is 0.336 e. The minimum absolute atomic E-state index is 0.378. The molecular formula is C18H13NO3. The summed E-state index contributed by atoms with van der Waals surface area (Å²) in [7, 11) is 0. The molecule has 108 valence electrons. The molecule has 3 aromatic rings. The molecule has 1 aliphatic carbocycles. The maximum atomic E-state index is 11.7. The molecule has 4 heteroatoms. The van der Waals surface area contributed by atoms with Crippen LogP contribution in [0.2, 0.25) is 0 Å². The van der Waals surface area contributed by atoms with Crippen molar-refractivity contribution < 1.29 is 14.3 Å². The molecule has 0 saturated carbocycles. The van der Waals surface area contributed by atoms with Gasteiger partial charge in [-0.05, 0) is 48.3 Å². The predicted molar refractivity (Wildman–Crippen MR) is 83.6 cm³/mol. The molecule has 0 atom stereocenters. The summed E-state index contributed by atoms with van der Waals surface area (Å²) in [6, 6.07) is 11.1. The minimum Gasteiger partial charge on any atom is -0.478 e. The van der Waals surface area contributed by atoms with Crippen LogP contribution in [0.15, 0.2) is 47.1 Å². The second-order valence-corrected chi connectivity index (χ2v) is 5.32. The molecule has 2 heterocycles. The number of allylic oxidation sites excluding steroid dienone is 1. The van der Waals surface area contributed by atoms with Gasteiger partial charge in [0.05, 0.1) is 23.0 Å². The Morgan fingerprint density at radius 3 is 2.82 bits per heavy atom. The number of hydrogen-bond acceptors (Lipinski definition) is 3. The van der Waals surface area contributed by atoms with Crippen LogP contribution < -0.4 is 0 Å². The number of pyridine rings is 1. The van der Waals surface area contributed by atoms with Crippen LogP contribution in [0.3, 0.4) is 0 Å². The highest BCUT2D eigenvalue weighted by Crippen LogP contribution is 2.37. The first-order valence-electron chi connectivity index (χ1n) is 7.13. The van der Waals surface area contributed by atoms with Crippen molar-refractivity contribution in [1.82, 2.24) is 4.98 Å². The van der Waals surface area contributed by atoms with Gasteiger partial charge in [-0.3, -0.25) is 0 Å².